The third-order valence-electron chi connectivity index (χ3n) is 6.64. The zero-order valence-electron chi connectivity index (χ0n) is 21.6. The molecule has 5 aromatic rings. The van der Waals surface area contributed by atoms with E-state index in [1.54, 1.807) is 23.5 Å². The van der Waals surface area contributed by atoms with E-state index in [9.17, 15) is 14.7 Å². The second-order valence-electron chi connectivity index (χ2n) is 9.49. The number of carbonyl (C=O) groups excluding carboxylic acids is 2. The molecule has 6 rings (SSSR count). The Morgan fingerprint density at radius 3 is 2.75 bits per heavy atom. The molecule has 1 aliphatic rings. The number of hydrogen-bond donors (Lipinski definition) is 1. The van der Waals surface area contributed by atoms with Crippen molar-refractivity contribution in [2.75, 3.05) is 18.5 Å². The summed E-state index contributed by atoms with van der Waals surface area (Å²) in [5.41, 5.74) is 4.57. The van der Waals surface area contributed by atoms with E-state index in [0.717, 1.165) is 20.8 Å². The van der Waals surface area contributed by atoms with Crippen LogP contribution in [0.15, 0.2) is 77.3 Å². The number of aromatic nitrogens is 3. The van der Waals surface area contributed by atoms with E-state index in [4.69, 9.17) is 14.2 Å². The number of nitrogens with zero attached hydrogens (tertiary/aromatic N) is 4. The minimum absolute atomic E-state index is 0.00959. The molecule has 11 heteroatoms. The maximum atomic E-state index is 13.1. The average Bonchev–Trinajstić information content (AvgIpc) is 3.54. The number of morpholine rings is 1. The number of ether oxygens (including phenoxy) is 1. The predicted octanol–water partition coefficient (Wildman–Crippen LogP) is 3.37. The number of amides is 2. The van der Waals surface area contributed by atoms with Crippen LogP contribution in [-0.4, -0.2) is 46.2 Å². The first-order valence-corrected chi connectivity index (χ1v) is 13.6. The number of para-hydroxylation sites is 1. The summed E-state index contributed by atoms with van der Waals surface area (Å²) in [6.45, 7) is 2.57. The lowest BCUT2D eigenvalue weighted by molar-refractivity contribution is -0.678. The van der Waals surface area contributed by atoms with Gasteiger partial charge < -0.3 is 24.6 Å². The molecular formula is C29H25N5O5S. The van der Waals surface area contributed by atoms with E-state index in [1.807, 2.05) is 54.6 Å². The number of fused-ring (bicyclic) bond motifs is 1. The number of carbonyl (C=O) groups is 2. The SMILES string of the molecule is Cc1ccc2nc(-c3ccc(NC(=O)CC4OCCN(Cc5c([O-])on[n+]5-c5ccccc5)C4=O)cc3)sc2c1. The van der Waals surface area contributed by atoms with Crippen molar-refractivity contribution in [1.29, 1.82) is 0 Å². The highest BCUT2D eigenvalue weighted by molar-refractivity contribution is 7.21. The van der Waals surface area contributed by atoms with Gasteiger partial charge in [0.2, 0.25) is 11.6 Å². The van der Waals surface area contributed by atoms with Gasteiger partial charge in [0.1, 0.15) is 17.7 Å². The molecule has 10 nitrogen and oxygen atoms in total. The molecule has 3 aromatic carbocycles. The molecule has 1 fully saturated rings. The minimum atomic E-state index is -0.959. The summed E-state index contributed by atoms with van der Waals surface area (Å²) in [7, 11) is 0. The van der Waals surface area contributed by atoms with Gasteiger partial charge in [0, 0.05) is 29.9 Å². The smallest absolute Gasteiger partial charge is 0.259 e. The number of rotatable bonds is 7. The summed E-state index contributed by atoms with van der Waals surface area (Å²) in [4.78, 5) is 32.1. The molecule has 1 unspecified atom stereocenters. The fraction of sp³-hybridized carbons (Fsp3) is 0.207. The van der Waals surface area contributed by atoms with E-state index < -0.39 is 12.1 Å². The van der Waals surface area contributed by atoms with Crippen molar-refractivity contribution in [2.24, 2.45) is 0 Å². The molecule has 0 bridgehead atoms. The fourth-order valence-corrected chi connectivity index (χ4v) is 5.65. The Bertz CT molecular complexity index is 1680. The standard InChI is InChI=1S/C29H25N5O5S/c1-18-7-12-22-25(15-18)40-27(31-22)19-8-10-20(11-9-19)30-26(35)16-24-28(36)33(13-14-38-24)17-23-29(37)39-32-34(23)21-5-3-2-4-6-21/h2-12,15,24H,13-14,16-17H2,1H3,(H-,30,31,32,35,37). The average molecular weight is 556 g/mol. The van der Waals surface area contributed by atoms with Crippen LogP contribution in [0.1, 0.15) is 17.7 Å². The lowest BCUT2D eigenvalue weighted by atomic mass is 10.1. The van der Waals surface area contributed by atoms with Crippen LogP contribution < -0.4 is 15.1 Å². The summed E-state index contributed by atoms with van der Waals surface area (Å²) in [6.07, 6.45) is -1.11. The van der Waals surface area contributed by atoms with Gasteiger partial charge in [-0.05, 0) is 53.6 Å². The lowest BCUT2D eigenvalue weighted by Gasteiger charge is -2.31. The molecular weight excluding hydrogens is 530 g/mol. The van der Waals surface area contributed by atoms with E-state index in [0.29, 0.717) is 11.4 Å². The summed E-state index contributed by atoms with van der Waals surface area (Å²) in [5.74, 6) is -1.35. The van der Waals surface area contributed by atoms with Crippen LogP contribution in [0.2, 0.25) is 0 Å². The Morgan fingerprint density at radius 2 is 1.95 bits per heavy atom. The largest absolute Gasteiger partial charge is 0.539 e. The summed E-state index contributed by atoms with van der Waals surface area (Å²) in [5, 5.41) is 19.9. The zero-order valence-corrected chi connectivity index (χ0v) is 22.4. The predicted molar refractivity (Wildman–Crippen MR) is 146 cm³/mol. The third-order valence-corrected chi connectivity index (χ3v) is 7.70. The van der Waals surface area contributed by atoms with Crippen LogP contribution in [0, 0.1) is 6.92 Å². The summed E-state index contributed by atoms with van der Waals surface area (Å²) in [6, 6.07) is 22.7. The maximum Gasteiger partial charge on any atom is 0.259 e. The number of hydrogen-bond acceptors (Lipinski definition) is 8. The Kier molecular flexibility index (Phi) is 6.97. The van der Waals surface area contributed by atoms with Crippen molar-refractivity contribution in [1.82, 2.24) is 15.2 Å². The number of thiazole rings is 1. The second kappa shape index (κ2) is 10.9. The van der Waals surface area contributed by atoms with Crippen LogP contribution >= 0.6 is 11.3 Å². The molecule has 0 radical (unpaired) electrons. The normalized spacial score (nSPS) is 15.5. The van der Waals surface area contributed by atoms with Gasteiger partial charge in [0.05, 0.1) is 28.5 Å². The van der Waals surface area contributed by atoms with Crippen molar-refractivity contribution in [2.45, 2.75) is 26.0 Å². The number of nitrogens with one attached hydrogen (secondary N) is 1. The first kappa shape index (κ1) is 25.7. The Labute approximate surface area is 233 Å². The van der Waals surface area contributed by atoms with Gasteiger partial charge in [0.25, 0.3) is 11.6 Å². The van der Waals surface area contributed by atoms with Gasteiger partial charge in [-0.2, -0.15) is 0 Å². The molecule has 0 aliphatic carbocycles. The topological polar surface area (TPSA) is 124 Å². The van der Waals surface area contributed by atoms with Gasteiger partial charge >= 0.3 is 0 Å². The summed E-state index contributed by atoms with van der Waals surface area (Å²) >= 11 is 1.62. The lowest BCUT2D eigenvalue weighted by Crippen LogP contribution is -2.50. The second-order valence-corrected chi connectivity index (χ2v) is 10.5. The molecule has 1 saturated heterocycles. The van der Waals surface area contributed by atoms with Gasteiger partial charge in [0.15, 0.2) is 5.95 Å². The Morgan fingerprint density at radius 1 is 1.15 bits per heavy atom. The maximum absolute atomic E-state index is 13.1. The van der Waals surface area contributed by atoms with Gasteiger partial charge in [-0.15, -0.1) is 11.3 Å². The van der Waals surface area contributed by atoms with E-state index >= 15 is 0 Å². The molecule has 2 amide bonds. The fourth-order valence-electron chi connectivity index (χ4n) is 4.58. The number of anilines is 1. The van der Waals surface area contributed by atoms with Crippen LogP contribution in [-0.2, 0) is 20.9 Å². The van der Waals surface area contributed by atoms with Crippen molar-refractivity contribution in [3.8, 4) is 22.2 Å². The third kappa shape index (κ3) is 5.29. The van der Waals surface area contributed by atoms with Gasteiger partial charge in [-0.3, -0.25) is 9.59 Å². The Balaban J connectivity index is 1.09. The molecule has 2 aromatic heterocycles. The highest BCUT2D eigenvalue weighted by atomic mass is 32.1. The van der Waals surface area contributed by atoms with E-state index in [1.165, 1.54) is 15.1 Å². The molecule has 1 N–H and O–H groups in total. The molecule has 0 spiro atoms. The monoisotopic (exact) mass is 555 g/mol. The van der Waals surface area contributed by atoms with Crippen LogP contribution in [0.4, 0.5) is 5.69 Å². The number of aryl methyl sites for hydroxylation is 1. The van der Waals surface area contributed by atoms with E-state index in [-0.39, 0.29) is 43.6 Å². The quantitative estimate of drug-likeness (QED) is 0.305. The van der Waals surface area contributed by atoms with Crippen molar-refractivity contribution >= 4 is 39.1 Å². The molecule has 1 atom stereocenters. The van der Waals surface area contributed by atoms with E-state index in [2.05, 4.69) is 23.6 Å². The summed E-state index contributed by atoms with van der Waals surface area (Å²) < 4.78 is 13.0. The molecule has 1 aliphatic heterocycles. The minimum Gasteiger partial charge on any atom is -0.539 e. The molecule has 0 saturated carbocycles. The van der Waals surface area contributed by atoms with Crippen molar-refractivity contribution < 1.29 is 28.6 Å². The zero-order chi connectivity index (χ0) is 27.6. The first-order valence-electron chi connectivity index (χ1n) is 12.8. The van der Waals surface area contributed by atoms with Crippen LogP contribution in [0.3, 0.4) is 0 Å². The Hall–Kier alpha value is -4.61. The molecule has 3 heterocycles. The van der Waals surface area contributed by atoms with Crippen molar-refractivity contribution in [3.63, 3.8) is 0 Å². The van der Waals surface area contributed by atoms with Gasteiger partial charge in [-0.25, -0.2) is 4.98 Å². The highest BCUT2D eigenvalue weighted by Crippen LogP contribution is 2.31. The van der Waals surface area contributed by atoms with Crippen LogP contribution in [0.25, 0.3) is 26.5 Å². The van der Waals surface area contributed by atoms with Gasteiger partial charge in [-0.1, -0.05) is 24.3 Å². The molecule has 40 heavy (non-hydrogen) atoms. The van der Waals surface area contributed by atoms with Crippen molar-refractivity contribution in [3.05, 3.63) is 84.1 Å². The number of benzene rings is 3. The first-order chi connectivity index (χ1) is 19.4. The molecule has 202 valence electrons. The highest BCUT2D eigenvalue weighted by Gasteiger charge is 2.34. The van der Waals surface area contributed by atoms with Crippen LogP contribution in [0.5, 0.6) is 5.95 Å².